The SMILES string of the molecule is C=CCC(C)C(C)NCC(C)(O)c1cccs1. The summed E-state index contributed by atoms with van der Waals surface area (Å²) in [6, 6.07) is 4.32. The van der Waals surface area contributed by atoms with E-state index in [9.17, 15) is 5.11 Å². The summed E-state index contributed by atoms with van der Waals surface area (Å²) >= 11 is 1.59. The maximum Gasteiger partial charge on any atom is 0.108 e. The van der Waals surface area contributed by atoms with Gasteiger partial charge in [0.2, 0.25) is 0 Å². The number of hydrogen-bond acceptors (Lipinski definition) is 3. The van der Waals surface area contributed by atoms with Gasteiger partial charge in [0.05, 0.1) is 0 Å². The second-order valence-corrected chi connectivity index (χ2v) is 5.87. The van der Waals surface area contributed by atoms with Gasteiger partial charge in [-0.25, -0.2) is 0 Å². The molecule has 0 bridgehead atoms. The third-order valence-electron chi connectivity index (χ3n) is 3.21. The Labute approximate surface area is 108 Å². The number of aliphatic hydroxyl groups is 1. The lowest BCUT2D eigenvalue weighted by atomic mass is 9.98. The van der Waals surface area contributed by atoms with Crippen LogP contribution in [0.1, 0.15) is 32.1 Å². The van der Waals surface area contributed by atoms with Crippen LogP contribution in [0.15, 0.2) is 30.2 Å². The smallest absolute Gasteiger partial charge is 0.108 e. The Hall–Kier alpha value is -0.640. The summed E-state index contributed by atoms with van der Waals surface area (Å²) < 4.78 is 0. The monoisotopic (exact) mass is 253 g/mol. The van der Waals surface area contributed by atoms with E-state index in [2.05, 4.69) is 25.7 Å². The van der Waals surface area contributed by atoms with Crippen molar-refractivity contribution in [2.75, 3.05) is 6.54 Å². The predicted molar refractivity (Wildman–Crippen MR) is 75.3 cm³/mol. The summed E-state index contributed by atoms with van der Waals surface area (Å²) in [5.41, 5.74) is -0.781. The van der Waals surface area contributed by atoms with E-state index in [1.807, 2.05) is 30.5 Å². The molecule has 17 heavy (non-hydrogen) atoms. The van der Waals surface area contributed by atoms with Crippen LogP contribution in [0, 0.1) is 5.92 Å². The van der Waals surface area contributed by atoms with Crippen molar-refractivity contribution in [2.24, 2.45) is 5.92 Å². The van der Waals surface area contributed by atoms with E-state index < -0.39 is 5.60 Å². The van der Waals surface area contributed by atoms with Crippen LogP contribution in [0.2, 0.25) is 0 Å². The molecular weight excluding hydrogens is 230 g/mol. The molecule has 1 aromatic rings. The van der Waals surface area contributed by atoms with Gasteiger partial charge >= 0.3 is 0 Å². The molecule has 2 N–H and O–H groups in total. The first-order valence-electron chi connectivity index (χ1n) is 6.08. The lowest BCUT2D eigenvalue weighted by molar-refractivity contribution is 0.0561. The molecule has 0 aromatic carbocycles. The van der Waals surface area contributed by atoms with Crippen molar-refractivity contribution in [1.82, 2.24) is 5.32 Å². The maximum atomic E-state index is 10.4. The van der Waals surface area contributed by atoms with Crippen molar-refractivity contribution in [2.45, 2.75) is 38.8 Å². The summed E-state index contributed by atoms with van der Waals surface area (Å²) in [6.45, 7) is 10.5. The summed E-state index contributed by atoms with van der Waals surface area (Å²) in [7, 11) is 0. The zero-order valence-corrected chi connectivity index (χ0v) is 11.8. The third kappa shape index (κ3) is 4.26. The van der Waals surface area contributed by atoms with Crippen LogP contribution in [-0.2, 0) is 5.60 Å². The van der Waals surface area contributed by atoms with Gasteiger partial charge in [0.25, 0.3) is 0 Å². The van der Waals surface area contributed by atoms with Crippen molar-refractivity contribution >= 4 is 11.3 Å². The van der Waals surface area contributed by atoms with Crippen molar-refractivity contribution in [3.8, 4) is 0 Å². The van der Waals surface area contributed by atoms with E-state index in [-0.39, 0.29) is 0 Å². The molecule has 3 unspecified atom stereocenters. The first-order chi connectivity index (χ1) is 7.97. The highest BCUT2D eigenvalue weighted by Crippen LogP contribution is 2.24. The van der Waals surface area contributed by atoms with Gasteiger partial charge < -0.3 is 10.4 Å². The molecule has 1 aromatic heterocycles. The molecule has 0 aliphatic heterocycles. The van der Waals surface area contributed by atoms with Crippen LogP contribution in [-0.4, -0.2) is 17.7 Å². The Kier molecular flexibility index (Phi) is 5.37. The third-order valence-corrected chi connectivity index (χ3v) is 4.34. The Bertz CT molecular complexity index is 332. The van der Waals surface area contributed by atoms with Gasteiger partial charge in [0.15, 0.2) is 0 Å². The highest BCUT2D eigenvalue weighted by atomic mass is 32.1. The molecule has 0 aliphatic rings. The van der Waals surface area contributed by atoms with Gasteiger partial charge in [0, 0.05) is 17.5 Å². The van der Waals surface area contributed by atoms with E-state index in [0.29, 0.717) is 18.5 Å². The number of hydrogen-bond donors (Lipinski definition) is 2. The molecule has 0 amide bonds. The minimum atomic E-state index is -0.781. The standard InChI is InChI=1S/C14H23NOS/c1-5-7-11(2)12(3)15-10-14(4,16)13-8-6-9-17-13/h5-6,8-9,11-12,15-16H,1,7,10H2,2-4H3. The summed E-state index contributed by atoms with van der Waals surface area (Å²) in [4.78, 5) is 1.01. The summed E-state index contributed by atoms with van der Waals surface area (Å²) in [5.74, 6) is 0.534. The minimum Gasteiger partial charge on any atom is -0.383 e. The predicted octanol–water partition coefficient (Wildman–Crippen LogP) is 3.15. The molecule has 3 heteroatoms. The van der Waals surface area contributed by atoms with E-state index in [0.717, 1.165) is 11.3 Å². The second-order valence-electron chi connectivity index (χ2n) is 4.92. The molecule has 1 rings (SSSR count). The highest BCUT2D eigenvalue weighted by molar-refractivity contribution is 7.10. The topological polar surface area (TPSA) is 32.3 Å². The quantitative estimate of drug-likeness (QED) is 0.732. The molecule has 0 aliphatic carbocycles. The fourth-order valence-electron chi connectivity index (χ4n) is 1.70. The average molecular weight is 253 g/mol. The van der Waals surface area contributed by atoms with Crippen LogP contribution in [0.25, 0.3) is 0 Å². The molecular formula is C14H23NOS. The Morgan fingerprint density at radius 1 is 1.59 bits per heavy atom. The first-order valence-corrected chi connectivity index (χ1v) is 6.96. The lowest BCUT2D eigenvalue weighted by Crippen LogP contribution is -2.41. The summed E-state index contributed by atoms with van der Waals surface area (Å²) in [6.07, 6.45) is 2.94. The van der Waals surface area contributed by atoms with Gasteiger partial charge in [-0.3, -0.25) is 0 Å². The Morgan fingerprint density at radius 2 is 2.29 bits per heavy atom. The molecule has 2 nitrogen and oxygen atoms in total. The van der Waals surface area contributed by atoms with Crippen molar-refractivity contribution in [3.05, 3.63) is 35.0 Å². The molecule has 96 valence electrons. The number of allylic oxidation sites excluding steroid dienone is 1. The number of nitrogens with one attached hydrogen (secondary N) is 1. The van der Waals surface area contributed by atoms with E-state index in [1.54, 1.807) is 11.3 Å². The van der Waals surface area contributed by atoms with Gasteiger partial charge in [-0.05, 0) is 37.6 Å². The van der Waals surface area contributed by atoms with Gasteiger partial charge in [-0.15, -0.1) is 17.9 Å². The van der Waals surface area contributed by atoms with Crippen molar-refractivity contribution in [3.63, 3.8) is 0 Å². The molecule has 0 fully saturated rings. The van der Waals surface area contributed by atoms with Crippen LogP contribution in [0.3, 0.4) is 0 Å². The highest BCUT2D eigenvalue weighted by Gasteiger charge is 2.25. The lowest BCUT2D eigenvalue weighted by Gasteiger charge is -2.27. The zero-order chi connectivity index (χ0) is 12.9. The van der Waals surface area contributed by atoms with Crippen molar-refractivity contribution < 1.29 is 5.11 Å². The minimum absolute atomic E-state index is 0.374. The maximum absolute atomic E-state index is 10.4. The number of thiophene rings is 1. The van der Waals surface area contributed by atoms with E-state index in [1.165, 1.54) is 0 Å². The van der Waals surface area contributed by atoms with Crippen LogP contribution in [0.4, 0.5) is 0 Å². The molecule has 0 radical (unpaired) electrons. The van der Waals surface area contributed by atoms with Crippen molar-refractivity contribution in [1.29, 1.82) is 0 Å². The van der Waals surface area contributed by atoms with E-state index >= 15 is 0 Å². The van der Waals surface area contributed by atoms with E-state index in [4.69, 9.17) is 0 Å². The van der Waals surface area contributed by atoms with Crippen LogP contribution in [0.5, 0.6) is 0 Å². The van der Waals surface area contributed by atoms with Crippen LogP contribution < -0.4 is 5.32 Å². The molecule has 0 spiro atoms. The second kappa shape index (κ2) is 6.34. The molecule has 3 atom stereocenters. The fraction of sp³-hybridized carbons (Fsp3) is 0.571. The van der Waals surface area contributed by atoms with Crippen LogP contribution >= 0.6 is 11.3 Å². The normalized spacial score (nSPS) is 18.4. The first kappa shape index (κ1) is 14.4. The van der Waals surface area contributed by atoms with Gasteiger partial charge in [-0.1, -0.05) is 19.1 Å². The fourth-order valence-corrected chi connectivity index (χ4v) is 2.49. The largest absolute Gasteiger partial charge is 0.383 e. The van der Waals surface area contributed by atoms with Gasteiger partial charge in [0.1, 0.15) is 5.60 Å². The molecule has 0 saturated heterocycles. The van der Waals surface area contributed by atoms with Gasteiger partial charge in [-0.2, -0.15) is 0 Å². The summed E-state index contributed by atoms with van der Waals surface area (Å²) in [5, 5.41) is 15.8. The Morgan fingerprint density at radius 3 is 2.82 bits per heavy atom. The molecule has 0 saturated carbocycles. The number of rotatable bonds is 7. The Balaban J connectivity index is 2.47. The average Bonchev–Trinajstić information content (AvgIpc) is 2.80. The molecule has 1 heterocycles. The zero-order valence-electron chi connectivity index (χ0n) is 10.9.